The summed E-state index contributed by atoms with van der Waals surface area (Å²) in [5, 5.41) is 5.23. The van der Waals surface area contributed by atoms with Crippen LogP contribution in [0.15, 0.2) is 48.5 Å². The Morgan fingerprint density at radius 3 is 2.48 bits per heavy atom. The minimum absolute atomic E-state index is 0.152. The van der Waals surface area contributed by atoms with Crippen LogP contribution in [0.5, 0.6) is 5.75 Å². The van der Waals surface area contributed by atoms with Crippen molar-refractivity contribution in [2.75, 3.05) is 11.9 Å². The molecule has 3 amide bonds. The van der Waals surface area contributed by atoms with Crippen molar-refractivity contribution in [3.63, 3.8) is 0 Å². The van der Waals surface area contributed by atoms with E-state index in [4.69, 9.17) is 0 Å². The Labute approximate surface area is 165 Å². The van der Waals surface area contributed by atoms with E-state index in [1.165, 1.54) is 12.1 Å². The molecule has 0 spiro atoms. The zero-order chi connectivity index (χ0) is 20.9. The second-order valence-corrected chi connectivity index (χ2v) is 6.62. The quantitative estimate of drug-likeness (QED) is 0.760. The minimum Gasteiger partial charge on any atom is -0.406 e. The molecule has 3 rings (SSSR count). The predicted octanol–water partition coefficient (Wildman–Crippen LogP) is 4.03. The molecule has 0 saturated carbocycles. The number of alkyl halides is 3. The molecule has 1 saturated heterocycles. The molecule has 1 aliphatic heterocycles. The first-order valence-electron chi connectivity index (χ1n) is 9.05. The van der Waals surface area contributed by atoms with Gasteiger partial charge in [0.15, 0.2) is 0 Å². The van der Waals surface area contributed by atoms with Crippen LogP contribution < -0.4 is 15.4 Å². The average Bonchev–Trinajstić information content (AvgIpc) is 3.05. The van der Waals surface area contributed by atoms with Gasteiger partial charge in [-0.05, 0) is 41.8 Å². The van der Waals surface area contributed by atoms with E-state index in [2.05, 4.69) is 15.4 Å². The van der Waals surface area contributed by atoms with E-state index >= 15 is 0 Å². The first kappa shape index (κ1) is 20.5. The zero-order valence-corrected chi connectivity index (χ0v) is 15.5. The summed E-state index contributed by atoms with van der Waals surface area (Å²) in [5.74, 6) is -0.212. The number of urea groups is 1. The lowest BCUT2D eigenvalue weighted by atomic mass is 10.1. The van der Waals surface area contributed by atoms with Crippen LogP contribution in [-0.2, 0) is 17.9 Å². The summed E-state index contributed by atoms with van der Waals surface area (Å²) in [6.07, 6.45) is -3.29. The van der Waals surface area contributed by atoms with Crippen molar-refractivity contribution in [2.24, 2.45) is 0 Å². The number of hydrogen-bond acceptors (Lipinski definition) is 3. The Morgan fingerprint density at radius 2 is 1.83 bits per heavy atom. The zero-order valence-electron chi connectivity index (χ0n) is 15.5. The van der Waals surface area contributed by atoms with Crippen LogP contribution in [0, 0.1) is 0 Å². The molecule has 0 aromatic heterocycles. The summed E-state index contributed by atoms with van der Waals surface area (Å²) in [4.78, 5) is 25.6. The lowest BCUT2D eigenvalue weighted by Gasteiger charge is -2.16. The summed E-state index contributed by atoms with van der Waals surface area (Å²) in [6.45, 7) is 1.57. The van der Waals surface area contributed by atoms with Gasteiger partial charge in [-0.25, -0.2) is 4.79 Å². The van der Waals surface area contributed by atoms with E-state index in [9.17, 15) is 22.8 Å². The molecule has 1 fully saturated rings. The van der Waals surface area contributed by atoms with Gasteiger partial charge in [0.05, 0.1) is 0 Å². The highest BCUT2D eigenvalue weighted by atomic mass is 19.4. The number of nitrogens with one attached hydrogen (secondary N) is 2. The fourth-order valence-electron chi connectivity index (χ4n) is 3.03. The van der Waals surface area contributed by atoms with Crippen LogP contribution in [0.3, 0.4) is 0 Å². The number of halogens is 3. The van der Waals surface area contributed by atoms with E-state index in [-0.39, 0.29) is 18.2 Å². The SMILES string of the molecule is O=C(NCc1cccc(CN2CCCC2=O)c1)Nc1ccc(OC(F)(F)F)cc1. The molecular weight excluding hydrogens is 387 g/mol. The topological polar surface area (TPSA) is 70.7 Å². The van der Waals surface area contributed by atoms with Crippen LogP contribution in [-0.4, -0.2) is 29.7 Å². The van der Waals surface area contributed by atoms with Crippen molar-refractivity contribution >= 4 is 17.6 Å². The number of hydrogen-bond donors (Lipinski definition) is 2. The van der Waals surface area contributed by atoms with Gasteiger partial charge >= 0.3 is 12.4 Å². The van der Waals surface area contributed by atoms with Crippen molar-refractivity contribution in [3.05, 3.63) is 59.7 Å². The number of carbonyl (C=O) groups is 2. The number of anilines is 1. The molecule has 6 nitrogen and oxygen atoms in total. The Morgan fingerprint density at radius 1 is 1.10 bits per heavy atom. The lowest BCUT2D eigenvalue weighted by molar-refractivity contribution is -0.274. The largest absolute Gasteiger partial charge is 0.573 e. The van der Waals surface area contributed by atoms with E-state index in [1.54, 1.807) is 0 Å². The summed E-state index contributed by atoms with van der Waals surface area (Å²) >= 11 is 0. The van der Waals surface area contributed by atoms with Gasteiger partial charge in [0.25, 0.3) is 0 Å². The van der Waals surface area contributed by atoms with Crippen molar-refractivity contribution in [3.8, 4) is 5.75 Å². The maximum Gasteiger partial charge on any atom is 0.573 e. The summed E-state index contributed by atoms with van der Waals surface area (Å²) in [7, 11) is 0. The van der Waals surface area contributed by atoms with E-state index in [0.717, 1.165) is 36.2 Å². The van der Waals surface area contributed by atoms with Gasteiger partial charge in [0, 0.05) is 31.7 Å². The minimum atomic E-state index is -4.76. The highest BCUT2D eigenvalue weighted by molar-refractivity contribution is 5.89. The molecular formula is C20H20F3N3O3. The molecule has 1 heterocycles. The summed E-state index contributed by atoms with van der Waals surface area (Å²) in [6, 6.07) is 12.0. The maximum absolute atomic E-state index is 12.2. The molecule has 2 aromatic carbocycles. The number of carbonyl (C=O) groups excluding carboxylic acids is 2. The second-order valence-electron chi connectivity index (χ2n) is 6.62. The van der Waals surface area contributed by atoms with Crippen molar-refractivity contribution in [1.82, 2.24) is 10.2 Å². The molecule has 154 valence electrons. The number of likely N-dealkylation sites (tertiary alicyclic amines) is 1. The fourth-order valence-corrected chi connectivity index (χ4v) is 3.03. The smallest absolute Gasteiger partial charge is 0.406 e. The van der Waals surface area contributed by atoms with Crippen molar-refractivity contribution < 1.29 is 27.5 Å². The highest BCUT2D eigenvalue weighted by Crippen LogP contribution is 2.24. The lowest BCUT2D eigenvalue weighted by Crippen LogP contribution is -2.28. The Hall–Kier alpha value is -3.23. The molecule has 29 heavy (non-hydrogen) atoms. The van der Waals surface area contributed by atoms with Crippen molar-refractivity contribution in [2.45, 2.75) is 32.3 Å². The van der Waals surface area contributed by atoms with Gasteiger partial charge in [0.1, 0.15) is 5.75 Å². The van der Waals surface area contributed by atoms with Gasteiger partial charge in [-0.2, -0.15) is 0 Å². The number of benzene rings is 2. The molecule has 9 heteroatoms. The molecule has 1 aliphatic rings. The van der Waals surface area contributed by atoms with Gasteiger partial charge in [-0.3, -0.25) is 4.79 Å². The molecule has 0 radical (unpaired) electrons. The standard InChI is InChI=1S/C20H20F3N3O3/c21-20(22,23)29-17-8-6-16(7-9-17)25-19(28)24-12-14-3-1-4-15(11-14)13-26-10-2-5-18(26)27/h1,3-4,6-9,11H,2,5,10,12-13H2,(H2,24,25,28). The highest BCUT2D eigenvalue weighted by Gasteiger charge is 2.31. The van der Waals surface area contributed by atoms with Crippen LogP contribution in [0.25, 0.3) is 0 Å². The van der Waals surface area contributed by atoms with Gasteiger partial charge in [-0.1, -0.05) is 24.3 Å². The van der Waals surface area contributed by atoms with Crippen LogP contribution in [0.1, 0.15) is 24.0 Å². The van der Waals surface area contributed by atoms with Crippen molar-refractivity contribution in [1.29, 1.82) is 0 Å². The monoisotopic (exact) mass is 407 g/mol. The molecule has 0 unspecified atom stereocenters. The number of rotatable bonds is 6. The second kappa shape index (κ2) is 8.85. The van der Waals surface area contributed by atoms with E-state index < -0.39 is 12.4 Å². The third-order valence-corrected chi connectivity index (χ3v) is 4.34. The molecule has 0 bridgehead atoms. The third-order valence-electron chi connectivity index (χ3n) is 4.34. The summed E-state index contributed by atoms with van der Waals surface area (Å²) in [5.41, 5.74) is 2.19. The number of nitrogens with zero attached hydrogens (tertiary/aromatic N) is 1. The fraction of sp³-hybridized carbons (Fsp3) is 0.300. The van der Waals surface area contributed by atoms with Crippen LogP contribution in [0.4, 0.5) is 23.7 Å². The number of amides is 3. The van der Waals surface area contributed by atoms with Crippen LogP contribution >= 0.6 is 0 Å². The molecule has 0 atom stereocenters. The first-order chi connectivity index (χ1) is 13.8. The maximum atomic E-state index is 12.2. The Bertz CT molecular complexity index is 869. The third kappa shape index (κ3) is 6.41. The van der Waals surface area contributed by atoms with Crippen LogP contribution in [0.2, 0.25) is 0 Å². The molecule has 2 N–H and O–H groups in total. The Kier molecular flexibility index (Phi) is 6.26. The van der Waals surface area contributed by atoms with E-state index in [0.29, 0.717) is 18.7 Å². The van der Waals surface area contributed by atoms with E-state index in [1.807, 2.05) is 29.2 Å². The normalized spacial score (nSPS) is 14.0. The predicted molar refractivity (Wildman–Crippen MR) is 100 cm³/mol. The molecule has 2 aromatic rings. The van der Waals surface area contributed by atoms with Gasteiger partial charge in [-0.15, -0.1) is 13.2 Å². The Balaban J connectivity index is 1.49. The summed E-state index contributed by atoms with van der Waals surface area (Å²) < 4.78 is 40.2. The molecule has 0 aliphatic carbocycles. The first-order valence-corrected chi connectivity index (χ1v) is 9.05. The number of ether oxygens (including phenoxy) is 1. The van der Waals surface area contributed by atoms with Gasteiger partial charge < -0.3 is 20.3 Å². The average molecular weight is 407 g/mol. The van der Waals surface area contributed by atoms with Gasteiger partial charge in [0.2, 0.25) is 5.91 Å².